The molecule has 0 bridgehead atoms. The first-order valence-electron chi connectivity index (χ1n) is 6.44. The van der Waals surface area contributed by atoms with Gasteiger partial charge in [-0.2, -0.15) is 0 Å². The van der Waals surface area contributed by atoms with Crippen LogP contribution in [0.5, 0.6) is 0 Å². The number of aromatic nitrogens is 3. The van der Waals surface area contributed by atoms with Gasteiger partial charge in [0.2, 0.25) is 0 Å². The quantitative estimate of drug-likeness (QED) is 0.875. The Morgan fingerprint density at radius 3 is 2.65 bits per heavy atom. The van der Waals surface area contributed by atoms with Gasteiger partial charge in [-0.3, -0.25) is 0 Å². The molecule has 0 amide bonds. The van der Waals surface area contributed by atoms with E-state index in [1.54, 1.807) is 0 Å². The molecular formula is C13H16N4. The van der Waals surface area contributed by atoms with Crippen LogP contribution in [0.25, 0.3) is 11.2 Å². The molecule has 2 N–H and O–H groups in total. The van der Waals surface area contributed by atoms with E-state index in [1.807, 2.05) is 6.07 Å². The lowest BCUT2D eigenvalue weighted by Gasteiger charge is -2.06. The standard InChI is InChI=1S/C13H16N4/c14-7-9-3-6-11-13(15-9)17(10-4-5-10)12(16-11)8-1-2-8/h3,6,8,10H,1-2,4-5,7,14H2. The average Bonchev–Trinajstić information content (AvgIpc) is 3.24. The SMILES string of the molecule is NCc1ccc2nc(C3CC3)n(C3CC3)c2n1. The Morgan fingerprint density at radius 1 is 1.18 bits per heavy atom. The summed E-state index contributed by atoms with van der Waals surface area (Å²) in [5.74, 6) is 1.95. The lowest BCUT2D eigenvalue weighted by atomic mass is 10.3. The molecule has 0 radical (unpaired) electrons. The Morgan fingerprint density at radius 2 is 2.00 bits per heavy atom. The fourth-order valence-electron chi connectivity index (χ4n) is 2.47. The van der Waals surface area contributed by atoms with E-state index in [1.165, 1.54) is 31.5 Å². The van der Waals surface area contributed by atoms with Gasteiger partial charge in [-0.05, 0) is 37.8 Å². The molecule has 4 nitrogen and oxygen atoms in total. The van der Waals surface area contributed by atoms with E-state index in [2.05, 4.69) is 15.6 Å². The highest BCUT2D eigenvalue weighted by atomic mass is 15.2. The van der Waals surface area contributed by atoms with Gasteiger partial charge >= 0.3 is 0 Å². The summed E-state index contributed by atoms with van der Waals surface area (Å²) in [6, 6.07) is 4.70. The van der Waals surface area contributed by atoms with Crippen LogP contribution in [-0.4, -0.2) is 14.5 Å². The number of imidazole rings is 1. The molecule has 2 aromatic rings. The number of hydrogen-bond acceptors (Lipinski definition) is 3. The van der Waals surface area contributed by atoms with Gasteiger partial charge in [0, 0.05) is 18.5 Å². The Hall–Kier alpha value is -1.42. The second-order valence-corrected chi connectivity index (χ2v) is 5.19. The third kappa shape index (κ3) is 1.47. The predicted molar refractivity (Wildman–Crippen MR) is 65.7 cm³/mol. The number of hydrogen-bond donors (Lipinski definition) is 1. The average molecular weight is 228 g/mol. The predicted octanol–water partition coefficient (Wildman–Crippen LogP) is 2.10. The lowest BCUT2D eigenvalue weighted by molar-refractivity contribution is 0.696. The van der Waals surface area contributed by atoms with Crippen LogP contribution < -0.4 is 5.73 Å². The van der Waals surface area contributed by atoms with Crippen molar-refractivity contribution in [3.8, 4) is 0 Å². The second-order valence-electron chi connectivity index (χ2n) is 5.19. The molecular weight excluding hydrogens is 212 g/mol. The number of rotatable bonds is 3. The zero-order valence-corrected chi connectivity index (χ0v) is 9.76. The minimum absolute atomic E-state index is 0.505. The molecule has 2 saturated carbocycles. The third-order valence-electron chi connectivity index (χ3n) is 3.69. The van der Waals surface area contributed by atoms with Gasteiger partial charge in [0.1, 0.15) is 11.3 Å². The summed E-state index contributed by atoms with van der Waals surface area (Å²) in [5, 5.41) is 0. The molecule has 4 heteroatoms. The lowest BCUT2D eigenvalue weighted by Crippen LogP contribution is -2.03. The topological polar surface area (TPSA) is 56.7 Å². The summed E-state index contributed by atoms with van der Waals surface area (Å²) in [6.45, 7) is 0.505. The third-order valence-corrected chi connectivity index (χ3v) is 3.69. The number of pyridine rings is 1. The zero-order chi connectivity index (χ0) is 11.4. The van der Waals surface area contributed by atoms with Crippen LogP contribution in [0.2, 0.25) is 0 Å². The van der Waals surface area contributed by atoms with Crippen molar-refractivity contribution in [3.05, 3.63) is 23.7 Å². The van der Waals surface area contributed by atoms with Crippen LogP contribution in [0.15, 0.2) is 12.1 Å². The maximum Gasteiger partial charge on any atom is 0.160 e. The van der Waals surface area contributed by atoms with Crippen molar-refractivity contribution in [1.29, 1.82) is 0 Å². The zero-order valence-electron chi connectivity index (χ0n) is 9.76. The van der Waals surface area contributed by atoms with Gasteiger partial charge in [0.15, 0.2) is 5.65 Å². The van der Waals surface area contributed by atoms with Crippen molar-refractivity contribution >= 4 is 11.2 Å². The summed E-state index contributed by atoms with van der Waals surface area (Å²) >= 11 is 0. The molecule has 0 saturated heterocycles. The van der Waals surface area contributed by atoms with Crippen molar-refractivity contribution < 1.29 is 0 Å². The minimum Gasteiger partial charge on any atom is -0.325 e. The smallest absolute Gasteiger partial charge is 0.160 e. The number of nitrogens with zero attached hydrogens (tertiary/aromatic N) is 3. The van der Waals surface area contributed by atoms with E-state index in [0.717, 1.165) is 16.9 Å². The van der Waals surface area contributed by atoms with Gasteiger partial charge in [-0.15, -0.1) is 0 Å². The van der Waals surface area contributed by atoms with E-state index >= 15 is 0 Å². The first kappa shape index (κ1) is 9.59. The summed E-state index contributed by atoms with van der Waals surface area (Å²) in [5.41, 5.74) is 8.72. The summed E-state index contributed by atoms with van der Waals surface area (Å²) in [4.78, 5) is 9.43. The summed E-state index contributed by atoms with van der Waals surface area (Å²) in [7, 11) is 0. The van der Waals surface area contributed by atoms with Crippen molar-refractivity contribution in [3.63, 3.8) is 0 Å². The molecule has 0 spiro atoms. The Labute approximate surface area is 99.9 Å². The van der Waals surface area contributed by atoms with Crippen molar-refractivity contribution in [2.45, 2.75) is 44.2 Å². The van der Waals surface area contributed by atoms with Crippen LogP contribution in [0.3, 0.4) is 0 Å². The second kappa shape index (κ2) is 3.29. The Bertz CT molecular complexity index is 578. The molecule has 2 aromatic heterocycles. The Kier molecular flexibility index (Phi) is 1.86. The van der Waals surface area contributed by atoms with Gasteiger partial charge in [0.05, 0.1) is 5.69 Å². The highest BCUT2D eigenvalue weighted by Crippen LogP contribution is 2.46. The van der Waals surface area contributed by atoms with Crippen LogP contribution in [-0.2, 0) is 6.54 Å². The van der Waals surface area contributed by atoms with Crippen LogP contribution in [0.4, 0.5) is 0 Å². The minimum atomic E-state index is 0.505. The number of fused-ring (bicyclic) bond motifs is 1. The van der Waals surface area contributed by atoms with Gasteiger partial charge < -0.3 is 10.3 Å². The van der Waals surface area contributed by atoms with Crippen LogP contribution in [0.1, 0.15) is 49.2 Å². The van der Waals surface area contributed by atoms with Crippen molar-refractivity contribution in [1.82, 2.24) is 14.5 Å². The maximum atomic E-state index is 5.67. The van der Waals surface area contributed by atoms with Gasteiger partial charge in [-0.1, -0.05) is 0 Å². The first-order chi connectivity index (χ1) is 8.36. The molecule has 0 atom stereocenters. The number of nitrogens with two attached hydrogens (primary N) is 1. The molecule has 0 aliphatic heterocycles. The molecule has 88 valence electrons. The highest BCUT2D eigenvalue weighted by Gasteiger charge is 2.35. The Balaban J connectivity index is 1.96. The van der Waals surface area contributed by atoms with E-state index in [0.29, 0.717) is 18.5 Å². The molecule has 0 aromatic carbocycles. The largest absolute Gasteiger partial charge is 0.325 e. The molecule has 2 fully saturated rings. The first-order valence-corrected chi connectivity index (χ1v) is 6.44. The summed E-state index contributed by atoms with van der Waals surface area (Å²) < 4.78 is 2.38. The van der Waals surface area contributed by atoms with Crippen LogP contribution in [0, 0.1) is 0 Å². The highest BCUT2D eigenvalue weighted by molar-refractivity contribution is 5.72. The maximum absolute atomic E-state index is 5.67. The van der Waals surface area contributed by atoms with Crippen molar-refractivity contribution in [2.75, 3.05) is 0 Å². The van der Waals surface area contributed by atoms with E-state index in [4.69, 9.17) is 10.7 Å². The fraction of sp³-hybridized carbons (Fsp3) is 0.538. The summed E-state index contributed by atoms with van der Waals surface area (Å²) in [6.07, 6.45) is 5.14. The van der Waals surface area contributed by atoms with E-state index in [-0.39, 0.29) is 0 Å². The van der Waals surface area contributed by atoms with Crippen LogP contribution >= 0.6 is 0 Å². The van der Waals surface area contributed by atoms with Gasteiger partial charge in [-0.25, -0.2) is 9.97 Å². The molecule has 4 rings (SSSR count). The molecule has 2 aliphatic carbocycles. The van der Waals surface area contributed by atoms with Gasteiger partial charge in [0.25, 0.3) is 0 Å². The van der Waals surface area contributed by atoms with E-state index in [9.17, 15) is 0 Å². The molecule has 2 aliphatic rings. The molecule has 17 heavy (non-hydrogen) atoms. The van der Waals surface area contributed by atoms with Crippen molar-refractivity contribution in [2.24, 2.45) is 5.73 Å². The monoisotopic (exact) mass is 228 g/mol. The molecule has 2 heterocycles. The normalized spacial score (nSPS) is 20.1. The molecule has 0 unspecified atom stereocenters. The van der Waals surface area contributed by atoms with E-state index < -0.39 is 0 Å². The fourth-order valence-corrected chi connectivity index (χ4v) is 2.47.